The Labute approximate surface area is 102 Å². The van der Waals surface area contributed by atoms with Crippen LogP contribution in [0.2, 0.25) is 0 Å². The van der Waals surface area contributed by atoms with Crippen molar-refractivity contribution in [2.75, 3.05) is 6.54 Å². The van der Waals surface area contributed by atoms with Crippen molar-refractivity contribution in [1.29, 1.82) is 0 Å². The first kappa shape index (κ1) is 12.5. The summed E-state index contributed by atoms with van der Waals surface area (Å²) in [6.07, 6.45) is 6.08. The Balaban J connectivity index is 1.94. The number of aromatic nitrogens is 3. The van der Waals surface area contributed by atoms with E-state index in [2.05, 4.69) is 17.0 Å². The predicted molar refractivity (Wildman–Crippen MR) is 65.2 cm³/mol. The first-order chi connectivity index (χ1) is 8.15. The Hall–Kier alpha value is -0.940. The number of ether oxygens (including phenoxy) is 1. The van der Waals surface area contributed by atoms with Gasteiger partial charge in [0.2, 0.25) is 0 Å². The van der Waals surface area contributed by atoms with E-state index in [1.807, 2.05) is 7.05 Å². The number of hydrogen-bond acceptors (Lipinski definition) is 4. The monoisotopic (exact) mass is 238 g/mol. The highest BCUT2D eigenvalue weighted by Gasteiger charge is 2.34. The summed E-state index contributed by atoms with van der Waals surface area (Å²) in [7, 11) is 1.88. The molecule has 0 amide bonds. The van der Waals surface area contributed by atoms with Gasteiger partial charge < -0.3 is 10.5 Å². The molecule has 0 saturated heterocycles. The van der Waals surface area contributed by atoms with Gasteiger partial charge in [0.25, 0.3) is 0 Å². The lowest BCUT2D eigenvalue weighted by Crippen LogP contribution is -2.43. The number of rotatable bonds is 4. The largest absolute Gasteiger partial charge is 0.366 e. The Bertz CT molecular complexity index is 355. The number of hydrogen-bond donors (Lipinski definition) is 1. The van der Waals surface area contributed by atoms with Gasteiger partial charge in [-0.3, -0.25) is 4.68 Å². The van der Waals surface area contributed by atoms with Gasteiger partial charge >= 0.3 is 0 Å². The highest BCUT2D eigenvalue weighted by atomic mass is 16.5. The summed E-state index contributed by atoms with van der Waals surface area (Å²) in [5.74, 6) is 1.66. The number of nitrogens with zero attached hydrogens (tertiary/aromatic N) is 3. The maximum absolute atomic E-state index is 6.04. The molecule has 1 aromatic rings. The van der Waals surface area contributed by atoms with Gasteiger partial charge in [0.15, 0.2) is 5.82 Å². The van der Waals surface area contributed by atoms with E-state index < -0.39 is 0 Å². The van der Waals surface area contributed by atoms with Crippen LogP contribution in [-0.4, -0.2) is 26.9 Å². The van der Waals surface area contributed by atoms with Crippen molar-refractivity contribution in [2.45, 2.75) is 44.8 Å². The highest BCUT2D eigenvalue weighted by Crippen LogP contribution is 2.34. The molecule has 1 fully saturated rings. The summed E-state index contributed by atoms with van der Waals surface area (Å²) in [6, 6.07) is 0. The lowest BCUT2D eigenvalue weighted by Gasteiger charge is -2.38. The van der Waals surface area contributed by atoms with Crippen LogP contribution in [0.5, 0.6) is 0 Å². The lowest BCUT2D eigenvalue weighted by atomic mass is 9.79. The van der Waals surface area contributed by atoms with E-state index in [4.69, 9.17) is 10.5 Å². The molecule has 96 valence electrons. The molecule has 17 heavy (non-hydrogen) atoms. The fourth-order valence-electron chi connectivity index (χ4n) is 2.36. The molecule has 0 atom stereocenters. The van der Waals surface area contributed by atoms with Gasteiger partial charge in [-0.2, -0.15) is 5.10 Å². The maximum atomic E-state index is 6.04. The van der Waals surface area contributed by atoms with Crippen molar-refractivity contribution in [3.63, 3.8) is 0 Å². The van der Waals surface area contributed by atoms with E-state index in [-0.39, 0.29) is 5.60 Å². The molecule has 0 bridgehead atoms. The second kappa shape index (κ2) is 5.14. The highest BCUT2D eigenvalue weighted by molar-refractivity contribution is 4.89. The lowest BCUT2D eigenvalue weighted by molar-refractivity contribution is -0.0828. The van der Waals surface area contributed by atoms with Crippen molar-refractivity contribution < 1.29 is 4.74 Å². The van der Waals surface area contributed by atoms with Gasteiger partial charge in [-0.15, -0.1) is 0 Å². The summed E-state index contributed by atoms with van der Waals surface area (Å²) in [5.41, 5.74) is 5.75. The second-order valence-electron chi connectivity index (χ2n) is 5.16. The number of aryl methyl sites for hydroxylation is 1. The van der Waals surface area contributed by atoms with Crippen molar-refractivity contribution in [2.24, 2.45) is 18.7 Å². The van der Waals surface area contributed by atoms with E-state index in [0.29, 0.717) is 13.2 Å². The topological polar surface area (TPSA) is 66.0 Å². The molecule has 2 rings (SSSR count). The third-order valence-electron chi connectivity index (χ3n) is 3.87. The second-order valence-corrected chi connectivity index (χ2v) is 5.16. The normalized spacial score (nSPS) is 29.5. The first-order valence-corrected chi connectivity index (χ1v) is 6.32. The molecule has 0 unspecified atom stereocenters. The zero-order valence-electron chi connectivity index (χ0n) is 10.7. The molecule has 1 aliphatic rings. The van der Waals surface area contributed by atoms with Crippen molar-refractivity contribution in [3.05, 3.63) is 12.2 Å². The zero-order valence-corrected chi connectivity index (χ0v) is 10.7. The summed E-state index contributed by atoms with van der Waals surface area (Å²) >= 11 is 0. The Kier molecular flexibility index (Phi) is 3.79. The van der Waals surface area contributed by atoms with Gasteiger partial charge in [-0.1, -0.05) is 6.92 Å². The maximum Gasteiger partial charge on any atom is 0.152 e. The van der Waals surface area contributed by atoms with Crippen LogP contribution in [0.25, 0.3) is 0 Å². The summed E-state index contributed by atoms with van der Waals surface area (Å²) in [5, 5.41) is 4.04. The van der Waals surface area contributed by atoms with Gasteiger partial charge in [0.1, 0.15) is 12.9 Å². The molecule has 0 aromatic carbocycles. The third kappa shape index (κ3) is 2.84. The first-order valence-electron chi connectivity index (χ1n) is 6.32. The van der Waals surface area contributed by atoms with Gasteiger partial charge in [-0.05, 0) is 31.6 Å². The Morgan fingerprint density at radius 3 is 2.76 bits per heavy atom. The zero-order chi connectivity index (χ0) is 12.3. The molecule has 0 radical (unpaired) electrons. The molecule has 1 heterocycles. The van der Waals surface area contributed by atoms with E-state index in [0.717, 1.165) is 24.6 Å². The SMILES string of the molecule is CC1CCC(CN)(OCc2ncnn2C)CC1. The molecular weight excluding hydrogens is 216 g/mol. The van der Waals surface area contributed by atoms with Crippen LogP contribution in [0.15, 0.2) is 6.33 Å². The van der Waals surface area contributed by atoms with Crippen molar-refractivity contribution >= 4 is 0 Å². The molecule has 0 spiro atoms. The van der Waals surface area contributed by atoms with Crippen LogP contribution in [0.3, 0.4) is 0 Å². The van der Waals surface area contributed by atoms with Crippen molar-refractivity contribution in [1.82, 2.24) is 14.8 Å². The molecule has 1 aromatic heterocycles. The predicted octanol–water partition coefficient (Wildman–Crippen LogP) is 1.24. The molecule has 1 aliphatic carbocycles. The van der Waals surface area contributed by atoms with Crippen LogP contribution in [0, 0.1) is 5.92 Å². The van der Waals surface area contributed by atoms with Crippen LogP contribution < -0.4 is 5.73 Å². The smallest absolute Gasteiger partial charge is 0.152 e. The summed E-state index contributed by atoms with van der Waals surface area (Å²) in [6.45, 7) is 3.39. The van der Waals surface area contributed by atoms with E-state index in [1.165, 1.54) is 12.8 Å². The summed E-state index contributed by atoms with van der Waals surface area (Å²) in [4.78, 5) is 4.17. The molecule has 0 aliphatic heterocycles. The average molecular weight is 238 g/mol. The molecule has 2 N–H and O–H groups in total. The van der Waals surface area contributed by atoms with Gasteiger partial charge in [0.05, 0.1) is 5.60 Å². The fraction of sp³-hybridized carbons (Fsp3) is 0.833. The molecule has 5 heteroatoms. The van der Waals surface area contributed by atoms with E-state index >= 15 is 0 Å². The third-order valence-corrected chi connectivity index (χ3v) is 3.87. The van der Waals surface area contributed by atoms with E-state index in [9.17, 15) is 0 Å². The van der Waals surface area contributed by atoms with Crippen LogP contribution in [-0.2, 0) is 18.4 Å². The van der Waals surface area contributed by atoms with Crippen LogP contribution in [0.1, 0.15) is 38.4 Å². The van der Waals surface area contributed by atoms with Gasteiger partial charge in [0, 0.05) is 13.6 Å². The van der Waals surface area contributed by atoms with Crippen molar-refractivity contribution in [3.8, 4) is 0 Å². The molecular formula is C12H22N4O. The Morgan fingerprint density at radius 1 is 1.53 bits per heavy atom. The van der Waals surface area contributed by atoms with Gasteiger partial charge in [-0.25, -0.2) is 4.98 Å². The van der Waals surface area contributed by atoms with E-state index in [1.54, 1.807) is 11.0 Å². The fourth-order valence-corrected chi connectivity index (χ4v) is 2.36. The standard InChI is InChI=1S/C12H22N4O/c1-10-3-5-12(8-13,6-4-10)17-7-11-14-9-15-16(11)2/h9-10H,3-8,13H2,1-2H3. The Morgan fingerprint density at radius 2 is 2.24 bits per heavy atom. The minimum Gasteiger partial charge on any atom is -0.366 e. The van der Waals surface area contributed by atoms with Crippen LogP contribution >= 0.6 is 0 Å². The molecule has 5 nitrogen and oxygen atoms in total. The minimum absolute atomic E-state index is 0.140. The number of nitrogens with two attached hydrogens (primary N) is 1. The minimum atomic E-state index is -0.140. The quantitative estimate of drug-likeness (QED) is 0.857. The average Bonchev–Trinajstić information content (AvgIpc) is 2.75. The summed E-state index contributed by atoms with van der Waals surface area (Å²) < 4.78 is 7.79. The molecule has 1 saturated carbocycles. The van der Waals surface area contributed by atoms with Crippen LogP contribution in [0.4, 0.5) is 0 Å².